The summed E-state index contributed by atoms with van der Waals surface area (Å²) in [5.74, 6) is -1.53. The van der Waals surface area contributed by atoms with Crippen molar-refractivity contribution < 1.29 is 15.0 Å². The number of carboxylic acids is 1. The number of aromatic nitrogens is 1. The van der Waals surface area contributed by atoms with Gasteiger partial charge in [-0.15, -0.1) is 0 Å². The fourth-order valence-electron chi connectivity index (χ4n) is 1.98. The minimum Gasteiger partial charge on any atom is -0.479 e. The number of aliphatic carboxylic acids is 1. The first kappa shape index (κ1) is 9.15. The van der Waals surface area contributed by atoms with E-state index in [0.717, 1.165) is 0 Å². The zero-order valence-electron chi connectivity index (χ0n) is 7.77. The molecule has 0 saturated heterocycles. The first-order valence-electron chi connectivity index (χ1n) is 4.47. The van der Waals surface area contributed by atoms with Gasteiger partial charge < -0.3 is 10.2 Å². The van der Waals surface area contributed by atoms with Gasteiger partial charge in [-0.05, 0) is 12.5 Å². The molecule has 0 saturated carbocycles. The molecule has 4 nitrogen and oxygen atoms in total. The Kier molecular flexibility index (Phi) is 1.82. The van der Waals surface area contributed by atoms with Crippen molar-refractivity contribution in [2.24, 2.45) is 5.92 Å². The molecule has 1 aliphatic carbocycles. The van der Waals surface area contributed by atoms with Crippen LogP contribution in [0.5, 0.6) is 0 Å². The van der Waals surface area contributed by atoms with Gasteiger partial charge in [-0.1, -0.05) is 13.0 Å². The number of nitrogens with zero attached hydrogens (tertiary/aromatic N) is 1. The largest absolute Gasteiger partial charge is 0.479 e. The molecule has 0 radical (unpaired) electrons. The Morgan fingerprint density at radius 3 is 3.07 bits per heavy atom. The molecule has 74 valence electrons. The van der Waals surface area contributed by atoms with Crippen LogP contribution in [0.25, 0.3) is 0 Å². The van der Waals surface area contributed by atoms with E-state index in [-0.39, 0.29) is 5.92 Å². The Hall–Kier alpha value is -1.42. The molecule has 2 N–H and O–H groups in total. The first-order valence-corrected chi connectivity index (χ1v) is 4.47. The number of pyridine rings is 1. The molecule has 0 aromatic carbocycles. The van der Waals surface area contributed by atoms with Crippen molar-refractivity contribution in [2.75, 3.05) is 0 Å². The second kappa shape index (κ2) is 2.78. The van der Waals surface area contributed by atoms with Crippen LogP contribution in [0.1, 0.15) is 18.2 Å². The standard InChI is InChI=1S/C10H11NO3/c1-6-5-8-7(3-2-4-11-8)10(6,14)9(12)13/h2-4,6,14H,5H2,1H3,(H,12,13). The summed E-state index contributed by atoms with van der Waals surface area (Å²) in [5, 5.41) is 19.1. The molecule has 1 aromatic heterocycles. The van der Waals surface area contributed by atoms with Gasteiger partial charge in [-0.3, -0.25) is 4.98 Å². The summed E-state index contributed by atoms with van der Waals surface area (Å²) in [6, 6.07) is 3.27. The Morgan fingerprint density at radius 1 is 1.71 bits per heavy atom. The maximum atomic E-state index is 11.0. The molecular weight excluding hydrogens is 182 g/mol. The third kappa shape index (κ3) is 0.974. The van der Waals surface area contributed by atoms with Crippen molar-refractivity contribution >= 4 is 5.97 Å². The quantitative estimate of drug-likeness (QED) is 0.683. The summed E-state index contributed by atoms with van der Waals surface area (Å²) in [4.78, 5) is 15.1. The Bertz CT molecular complexity index is 391. The third-order valence-corrected chi connectivity index (χ3v) is 2.84. The molecule has 1 aliphatic rings. The Morgan fingerprint density at radius 2 is 2.43 bits per heavy atom. The van der Waals surface area contributed by atoms with Crippen LogP contribution < -0.4 is 0 Å². The van der Waals surface area contributed by atoms with Crippen LogP contribution in [-0.2, 0) is 16.8 Å². The lowest BCUT2D eigenvalue weighted by Gasteiger charge is -2.23. The highest BCUT2D eigenvalue weighted by molar-refractivity contribution is 5.81. The van der Waals surface area contributed by atoms with E-state index < -0.39 is 11.6 Å². The predicted molar refractivity (Wildman–Crippen MR) is 48.6 cm³/mol. The van der Waals surface area contributed by atoms with Gasteiger partial charge in [0.05, 0.1) is 0 Å². The van der Waals surface area contributed by atoms with Crippen LogP contribution in [0.4, 0.5) is 0 Å². The van der Waals surface area contributed by atoms with Crippen LogP contribution in [0.2, 0.25) is 0 Å². The van der Waals surface area contributed by atoms with Crippen molar-refractivity contribution in [3.63, 3.8) is 0 Å². The molecule has 0 aliphatic heterocycles. The highest BCUT2D eigenvalue weighted by Gasteiger charge is 2.49. The number of rotatable bonds is 1. The number of aliphatic hydroxyl groups is 1. The average Bonchev–Trinajstić information content (AvgIpc) is 2.41. The van der Waals surface area contributed by atoms with Crippen LogP contribution in [0.3, 0.4) is 0 Å². The number of carboxylic acid groups (broad SMARTS) is 1. The molecule has 2 atom stereocenters. The minimum absolute atomic E-state index is 0.329. The van der Waals surface area contributed by atoms with Crippen LogP contribution in [-0.4, -0.2) is 21.2 Å². The summed E-state index contributed by atoms with van der Waals surface area (Å²) in [6.45, 7) is 1.72. The highest BCUT2D eigenvalue weighted by atomic mass is 16.4. The SMILES string of the molecule is CC1Cc2ncccc2C1(O)C(=O)O. The smallest absolute Gasteiger partial charge is 0.340 e. The van der Waals surface area contributed by atoms with Crippen molar-refractivity contribution in [1.29, 1.82) is 0 Å². The molecule has 0 amide bonds. The van der Waals surface area contributed by atoms with E-state index in [1.807, 2.05) is 0 Å². The molecule has 1 heterocycles. The molecule has 2 unspecified atom stereocenters. The number of hydrogen-bond acceptors (Lipinski definition) is 3. The normalized spacial score (nSPS) is 30.0. The van der Waals surface area contributed by atoms with E-state index in [1.165, 1.54) is 0 Å². The van der Waals surface area contributed by atoms with Gasteiger partial charge in [-0.2, -0.15) is 0 Å². The van der Waals surface area contributed by atoms with Gasteiger partial charge in [-0.25, -0.2) is 4.79 Å². The fourth-order valence-corrected chi connectivity index (χ4v) is 1.98. The number of fused-ring (bicyclic) bond motifs is 1. The summed E-state index contributed by atoms with van der Waals surface area (Å²) in [7, 11) is 0. The number of carbonyl (C=O) groups is 1. The lowest BCUT2D eigenvalue weighted by atomic mass is 9.89. The number of hydrogen-bond donors (Lipinski definition) is 2. The van der Waals surface area contributed by atoms with Crippen LogP contribution in [0.15, 0.2) is 18.3 Å². The van der Waals surface area contributed by atoms with Crippen molar-refractivity contribution in [1.82, 2.24) is 4.98 Å². The van der Waals surface area contributed by atoms with Crippen molar-refractivity contribution in [3.05, 3.63) is 29.6 Å². The summed E-state index contributed by atoms with van der Waals surface area (Å²) < 4.78 is 0. The minimum atomic E-state index is -1.76. The van der Waals surface area contributed by atoms with Gasteiger partial charge in [0, 0.05) is 23.4 Å². The van der Waals surface area contributed by atoms with E-state index in [0.29, 0.717) is 17.7 Å². The van der Waals surface area contributed by atoms with Gasteiger partial charge in [0.25, 0.3) is 0 Å². The zero-order chi connectivity index (χ0) is 10.3. The van der Waals surface area contributed by atoms with Gasteiger partial charge >= 0.3 is 5.97 Å². The molecule has 2 rings (SSSR count). The predicted octanol–water partition coefficient (Wildman–Crippen LogP) is 0.546. The molecule has 4 heteroatoms. The van der Waals surface area contributed by atoms with Gasteiger partial charge in [0.1, 0.15) is 0 Å². The second-order valence-corrected chi connectivity index (χ2v) is 3.67. The Balaban J connectivity index is 2.60. The zero-order valence-corrected chi connectivity index (χ0v) is 7.77. The topological polar surface area (TPSA) is 70.4 Å². The summed E-state index contributed by atoms with van der Waals surface area (Å²) in [6.07, 6.45) is 2.12. The Labute approximate surface area is 81.2 Å². The van der Waals surface area contributed by atoms with E-state index in [4.69, 9.17) is 5.11 Å². The van der Waals surface area contributed by atoms with Gasteiger partial charge in [0.15, 0.2) is 5.60 Å². The van der Waals surface area contributed by atoms with E-state index >= 15 is 0 Å². The van der Waals surface area contributed by atoms with E-state index in [1.54, 1.807) is 25.3 Å². The molecule has 14 heavy (non-hydrogen) atoms. The van der Waals surface area contributed by atoms with E-state index in [2.05, 4.69) is 4.98 Å². The van der Waals surface area contributed by atoms with Crippen molar-refractivity contribution in [2.45, 2.75) is 18.9 Å². The maximum absolute atomic E-state index is 11.0. The summed E-state index contributed by atoms with van der Waals surface area (Å²) in [5.41, 5.74) is -0.645. The molecule has 0 fully saturated rings. The second-order valence-electron chi connectivity index (χ2n) is 3.67. The van der Waals surface area contributed by atoms with Crippen molar-refractivity contribution in [3.8, 4) is 0 Å². The lowest BCUT2D eigenvalue weighted by molar-refractivity contribution is -0.164. The van der Waals surface area contributed by atoms with Crippen LogP contribution >= 0.6 is 0 Å². The average molecular weight is 193 g/mol. The van der Waals surface area contributed by atoms with E-state index in [9.17, 15) is 9.90 Å². The molecule has 0 bridgehead atoms. The molecule has 0 spiro atoms. The molecular formula is C10H11NO3. The van der Waals surface area contributed by atoms with Gasteiger partial charge in [0.2, 0.25) is 0 Å². The lowest BCUT2D eigenvalue weighted by Crippen LogP contribution is -2.38. The fraction of sp³-hybridized carbons (Fsp3) is 0.400. The maximum Gasteiger partial charge on any atom is 0.340 e. The highest BCUT2D eigenvalue weighted by Crippen LogP contribution is 2.40. The monoisotopic (exact) mass is 193 g/mol. The molecule has 1 aromatic rings. The first-order chi connectivity index (χ1) is 6.56. The third-order valence-electron chi connectivity index (χ3n) is 2.84. The van der Waals surface area contributed by atoms with Crippen LogP contribution in [0, 0.1) is 5.92 Å². The summed E-state index contributed by atoms with van der Waals surface area (Å²) >= 11 is 0.